The molecule has 0 saturated carbocycles. The van der Waals surface area contributed by atoms with Crippen molar-refractivity contribution in [3.63, 3.8) is 0 Å². The summed E-state index contributed by atoms with van der Waals surface area (Å²) in [4.78, 5) is 15.8. The number of hydrogen-bond donors (Lipinski definition) is 1. The van der Waals surface area contributed by atoms with E-state index < -0.39 is 5.82 Å². The van der Waals surface area contributed by atoms with Crippen molar-refractivity contribution in [3.8, 4) is 11.6 Å². The van der Waals surface area contributed by atoms with Crippen LogP contribution in [0.2, 0.25) is 0 Å². The molecule has 0 saturated heterocycles. The summed E-state index contributed by atoms with van der Waals surface area (Å²) in [6.07, 6.45) is 3.02. The van der Waals surface area contributed by atoms with Crippen LogP contribution in [0.5, 0.6) is 11.6 Å². The van der Waals surface area contributed by atoms with Crippen molar-refractivity contribution in [2.24, 2.45) is 5.73 Å². The van der Waals surface area contributed by atoms with Crippen molar-refractivity contribution in [1.82, 2.24) is 9.55 Å². The maximum Gasteiger partial charge on any atom is 0.313 e. The number of nitrogens with zero attached hydrogens (tertiary/aromatic N) is 2. The van der Waals surface area contributed by atoms with Gasteiger partial charge in [0.05, 0.1) is 0 Å². The zero-order chi connectivity index (χ0) is 13.8. The Kier molecular flexibility index (Phi) is 3.91. The van der Waals surface area contributed by atoms with Crippen LogP contribution in [0, 0.1) is 5.82 Å². The second kappa shape index (κ2) is 5.62. The second-order valence-electron chi connectivity index (χ2n) is 3.85. The highest BCUT2D eigenvalue weighted by Gasteiger charge is 2.12. The fourth-order valence-electron chi connectivity index (χ4n) is 1.68. The number of halogens is 1. The van der Waals surface area contributed by atoms with Gasteiger partial charge in [0.15, 0.2) is 0 Å². The fourth-order valence-corrected chi connectivity index (χ4v) is 1.68. The molecule has 1 aromatic heterocycles. The monoisotopic (exact) mass is 263 g/mol. The summed E-state index contributed by atoms with van der Waals surface area (Å²) in [5, 5.41) is 0. The first kappa shape index (κ1) is 13.2. The van der Waals surface area contributed by atoms with E-state index >= 15 is 0 Å². The molecule has 0 aliphatic heterocycles. The SMILES string of the molecule is CCn1ccnc(Oc2cccc(F)c2CN)c1=O. The Morgan fingerprint density at radius 3 is 2.95 bits per heavy atom. The lowest BCUT2D eigenvalue weighted by Gasteiger charge is -2.10. The maximum absolute atomic E-state index is 13.5. The van der Waals surface area contributed by atoms with Gasteiger partial charge in [-0.2, -0.15) is 0 Å². The molecule has 1 heterocycles. The Morgan fingerprint density at radius 1 is 1.47 bits per heavy atom. The lowest BCUT2D eigenvalue weighted by molar-refractivity contribution is 0.434. The van der Waals surface area contributed by atoms with Crippen LogP contribution in [0.15, 0.2) is 35.4 Å². The molecule has 0 bridgehead atoms. The van der Waals surface area contributed by atoms with Gasteiger partial charge in [-0.15, -0.1) is 0 Å². The van der Waals surface area contributed by atoms with Gasteiger partial charge in [-0.1, -0.05) is 6.07 Å². The first-order valence-electron chi connectivity index (χ1n) is 5.88. The maximum atomic E-state index is 13.5. The largest absolute Gasteiger partial charge is 0.434 e. The first-order chi connectivity index (χ1) is 9.17. The van der Waals surface area contributed by atoms with Crippen LogP contribution in [-0.2, 0) is 13.1 Å². The zero-order valence-electron chi connectivity index (χ0n) is 10.5. The average molecular weight is 263 g/mol. The molecule has 0 fully saturated rings. The summed E-state index contributed by atoms with van der Waals surface area (Å²) in [5.74, 6) is -0.350. The van der Waals surface area contributed by atoms with E-state index in [1.807, 2.05) is 6.92 Å². The highest BCUT2D eigenvalue weighted by molar-refractivity contribution is 5.36. The normalized spacial score (nSPS) is 10.5. The van der Waals surface area contributed by atoms with E-state index in [-0.39, 0.29) is 29.3 Å². The van der Waals surface area contributed by atoms with E-state index in [2.05, 4.69) is 4.98 Å². The van der Waals surface area contributed by atoms with Gasteiger partial charge in [-0.05, 0) is 19.1 Å². The Hall–Kier alpha value is -2.21. The van der Waals surface area contributed by atoms with Crippen LogP contribution in [-0.4, -0.2) is 9.55 Å². The molecule has 0 aliphatic carbocycles. The van der Waals surface area contributed by atoms with Crippen molar-refractivity contribution in [2.45, 2.75) is 20.0 Å². The summed E-state index contributed by atoms with van der Waals surface area (Å²) < 4.78 is 20.4. The van der Waals surface area contributed by atoms with Gasteiger partial charge in [-0.3, -0.25) is 4.79 Å². The number of aryl methyl sites for hydroxylation is 1. The molecule has 5 nitrogen and oxygen atoms in total. The summed E-state index contributed by atoms with van der Waals surface area (Å²) in [7, 11) is 0. The average Bonchev–Trinajstić information content (AvgIpc) is 2.41. The van der Waals surface area contributed by atoms with E-state index in [0.29, 0.717) is 6.54 Å². The Morgan fingerprint density at radius 2 is 2.26 bits per heavy atom. The van der Waals surface area contributed by atoms with Crippen LogP contribution < -0.4 is 16.0 Å². The predicted molar refractivity (Wildman–Crippen MR) is 68.5 cm³/mol. The van der Waals surface area contributed by atoms with Gasteiger partial charge in [0, 0.05) is 31.0 Å². The van der Waals surface area contributed by atoms with Crippen molar-refractivity contribution < 1.29 is 9.13 Å². The van der Waals surface area contributed by atoms with Crippen LogP contribution in [0.3, 0.4) is 0 Å². The van der Waals surface area contributed by atoms with Crippen LogP contribution >= 0.6 is 0 Å². The molecule has 19 heavy (non-hydrogen) atoms. The molecule has 0 unspecified atom stereocenters. The smallest absolute Gasteiger partial charge is 0.313 e. The predicted octanol–water partition coefficient (Wildman–Crippen LogP) is 1.65. The van der Waals surface area contributed by atoms with Gasteiger partial charge in [0.1, 0.15) is 11.6 Å². The van der Waals surface area contributed by atoms with Gasteiger partial charge in [0.2, 0.25) is 0 Å². The van der Waals surface area contributed by atoms with E-state index in [0.717, 1.165) is 0 Å². The summed E-state index contributed by atoms with van der Waals surface area (Å²) in [6, 6.07) is 4.33. The minimum absolute atomic E-state index is 0.0171. The molecule has 6 heteroatoms. The van der Waals surface area contributed by atoms with E-state index in [4.69, 9.17) is 10.5 Å². The van der Waals surface area contributed by atoms with Crippen molar-refractivity contribution in [2.75, 3.05) is 0 Å². The molecule has 100 valence electrons. The van der Waals surface area contributed by atoms with E-state index in [9.17, 15) is 9.18 Å². The number of aromatic nitrogens is 2. The Bertz CT molecular complexity index is 640. The first-order valence-corrected chi connectivity index (χ1v) is 5.88. The molecular weight excluding hydrogens is 249 g/mol. The highest BCUT2D eigenvalue weighted by Crippen LogP contribution is 2.24. The standard InChI is InChI=1S/C13H14FN3O2/c1-2-17-7-6-16-12(13(17)18)19-11-5-3-4-10(14)9(11)8-15/h3-7H,2,8,15H2,1H3. The highest BCUT2D eigenvalue weighted by atomic mass is 19.1. The number of hydrogen-bond acceptors (Lipinski definition) is 4. The van der Waals surface area contributed by atoms with Gasteiger partial charge >= 0.3 is 5.56 Å². The molecule has 0 aliphatic rings. The van der Waals surface area contributed by atoms with Crippen LogP contribution in [0.1, 0.15) is 12.5 Å². The van der Waals surface area contributed by atoms with Crippen LogP contribution in [0.4, 0.5) is 4.39 Å². The third-order valence-corrected chi connectivity index (χ3v) is 2.71. The van der Waals surface area contributed by atoms with Gasteiger partial charge < -0.3 is 15.0 Å². The molecule has 0 amide bonds. The number of rotatable bonds is 4. The molecule has 0 atom stereocenters. The van der Waals surface area contributed by atoms with E-state index in [1.54, 1.807) is 12.3 Å². The summed E-state index contributed by atoms with van der Waals surface area (Å²) in [6.45, 7) is 2.32. The minimum atomic E-state index is -0.466. The molecule has 2 N–H and O–H groups in total. The molecule has 0 radical (unpaired) electrons. The topological polar surface area (TPSA) is 70.1 Å². The number of benzene rings is 1. The molecular formula is C13H14FN3O2. The number of nitrogens with two attached hydrogens (primary N) is 1. The van der Waals surface area contributed by atoms with Crippen molar-refractivity contribution in [1.29, 1.82) is 0 Å². The molecule has 0 spiro atoms. The quantitative estimate of drug-likeness (QED) is 0.910. The molecule has 2 aromatic rings. The summed E-state index contributed by atoms with van der Waals surface area (Å²) in [5.41, 5.74) is 5.33. The third kappa shape index (κ3) is 2.63. The molecule has 1 aromatic carbocycles. The fraction of sp³-hybridized carbons (Fsp3) is 0.231. The van der Waals surface area contributed by atoms with Gasteiger partial charge in [0.25, 0.3) is 5.88 Å². The minimum Gasteiger partial charge on any atom is -0.434 e. The Balaban J connectivity index is 2.42. The third-order valence-electron chi connectivity index (χ3n) is 2.71. The van der Waals surface area contributed by atoms with Gasteiger partial charge in [-0.25, -0.2) is 9.37 Å². The lowest BCUT2D eigenvalue weighted by Crippen LogP contribution is -2.21. The molecule has 2 rings (SSSR count). The van der Waals surface area contributed by atoms with E-state index in [1.165, 1.54) is 22.9 Å². The summed E-state index contributed by atoms with van der Waals surface area (Å²) >= 11 is 0. The van der Waals surface area contributed by atoms with Crippen molar-refractivity contribution in [3.05, 3.63) is 52.3 Å². The number of ether oxygens (including phenoxy) is 1. The lowest BCUT2D eigenvalue weighted by atomic mass is 10.2. The van der Waals surface area contributed by atoms with Crippen molar-refractivity contribution >= 4 is 0 Å². The second-order valence-corrected chi connectivity index (χ2v) is 3.85. The zero-order valence-corrected chi connectivity index (χ0v) is 10.5. The van der Waals surface area contributed by atoms with Crippen LogP contribution in [0.25, 0.3) is 0 Å². The Labute approximate surface area is 109 Å².